The fraction of sp³-hybridized carbons (Fsp3) is 0.389. The standard InChI is InChI=1S/C18H22ClN5O2S/c19-13-11-20-18(21-12-5-8-26-9-6-12)24-17(13)23-15-4-2-1-3-14(15)22-16(25)7-10-27/h1-4,11-12,27H,5-10H2,(H,22,25)(H2,20,21,23,24). The Kier molecular flexibility index (Phi) is 7.14. The van der Waals surface area contributed by atoms with Crippen LogP contribution >= 0.6 is 24.2 Å². The summed E-state index contributed by atoms with van der Waals surface area (Å²) in [6, 6.07) is 7.66. The van der Waals surface area contributed by atoms with Gasteiger partial charge in [-0.05, 0) is 30.7 Å². The summed E-state index contributed by atoms with van der Waals surface area (Å²) in [6.45, 7) is 1.46. The number of nitrogens with one attached hydrogen (secondary N) is 3. The van der Waals surface area contributed by atoms with Crippen LogP contribution < -0.4 is 16.0 Å². The van der Waals surface area contributed by atoms with Crippen LogP contribution in [-0.4, -0.2) is 40.9 Å². The van der Waals surface area contributed by atoms with Gasteiger partial charge in [0.05, 0.1) is 17.6 Å². The minimum atomic E-state index is -0.102. The number of carbonyl (C=O) groups excluding carboxylic acids is 1. The summed E-state index contributed by atoms with van der Waals surface area (Å²) in [5.41, 5.74) is 1.35. The largest absolute Gasteiger partial charge is 0.381 e. The summed E-state index contributed by atoms with van der Waals surface area (Å²) >= 11 is 10.3. The van der Waals surface area contributed by atoms with E-state index in [2.05, 4.69) is 38.5 Å². The molecular formula is C18H22ClN5O2S. The zero-order chi connectivity index (χ0) is 19.1. The fourth-order valence-corrected chi connectivity index (χ4v) is 3.03. The summed E-state index contributed by atoms with van der Waals surface area (Å²) in [5, 5.41) is 9.76. The molecule has 0 bridgehead atoms. The number of ether oxygens (including phenoxy) is 1. The number of halogens is 1. The summed E-state index contributed by atoms with van der Waals surface area (Å²) in [4.78, 5) is 20.6. The molecule has 3 N–H and O–H groups in total. The molecule has 9 heteroatoms. The number of aromatic nitrogens is 2. The van der Waals surface area contributed by atoms with E-state index in [1.54, 1.807) is 6.20 Å². The molecule has 0 aliphatic carbocycles. The topological polar surface area (TPSA) is 88.2 Å². The van der Waals surface area contributed by atoms with Gasteiger partial charge in [0.15, 0.2) is 5.82 Å². The van der Waals surface area contributed by atoms with E-state index in [0.29, 0.717) is 40.3 Å². The lowest BCUT2D eigenvalue weighted by atomic mass is 10.1. The van der Waals surface area contributed by atoms with E-state index >= 15 is 0 Å². The van der Waals surface area contributed by atoms with Crippen LogP contribution in [0.3, 0.4) is 0 Å². The smallest absolute Gasteiger partial charge is 0.225 e. The first-order valence-electron chi connectivity index (χ1n) is 8.79. The second-order valence-corrected chi connectivity index (χ2v) is 6.97. The number of amides is 1. The van der Waals surface area contributed by atoms with Crippen molar-refractivity contribution in [3.05, 3.63) is 35.5 Å². The van der Waals surface area contributed by atoms with Crippen molar-refractivity contribution in [3.8, 4) is 0 Å². The minimum absolute atomic E-state index is 0.102. The van der Waals surface area contributed by atoms with Crippen molar-refractivity contribution in [1.29, 1.82) is 0 Å². The van der Waals surface area contributed by atoms with Crippen LogP contribution in [0.5, 0.6) is 0 Å². The van der Waals surface area contributed by atoms with Crippen molar-refractivity contribution < 1.29 is 9.53 Å². The summed E-state index contributed by atoms with van der Waals surface area (Å²) in [6.07, 6.45) is 3.72. The molecule has 1 saturated heterocycles. The van der Waals surface area contributed by atoms with Crippen LogP contribution in [0.2, 0.25) is 5.02 Å². The first-order chi connectivity index (χ1) is 13.2. The summed E-state index contributed by atoms with van der Waals surface area (Å²) in [5.74, 6) is 1.36. The Hall–Kier alpha value is -2.03. The van der Waals surface area contributed by atoms with Gasteiger partial charge >= 0.3 is 0 Å². The Bertz CT molecular complexity index is 786. The molecule has 1 aliphatic rings. The molecule has 1 aliphatic heterocycles. The van der Waals surface area contributed by atoms with E-state index in [9.17, 15) is 4.79 Å². The molecule has 1 aromatic heterocycles. The quantitative estimate of drug-likeness (QED) is 0.523. The highest BCUT2D eigenvalue weighted by Crippen LogP contribution is 2.29. The van der Waals surface area contributed by atoms with Crippen molar-refractivity contribution in [1.82, 2.24) is 9.97 Å². The number of nitrogens with zero attached hydrogens (tertiary/aromatic N) is 2. The lowest BCUT2D eigenvalue weighted by molar-refractivity contribution is -0.115. The number of carbonyl (C=O) groups is 1. The number of hydrogen-bond acceptors (Lipinski definition) is 7. The van der Waals surface area contributed by atoms with E-state index < -0.39 is 0 Å². The van der Waals surface area contributed by atoms with Gasteiger partial charge in [-0.25, -0.2) is 4.98 Å². The van der Waals surface area contributed by atoms with Gasteiger partial charge in [-0.2, -0.15) is 17.6 Å². The lowest BCUT2D eigenvalue weighted by Gasteiger charge is -2.23. The van der Waals surface area contributed by atoms with E-state index in [1.807, 2.05) is 24.3 Å². The van der Waals surface area contributed by atoms with Gasteiger partial charge in [-0.1, -0.05) is 23.7 Å². The Morgan fingerprint density at radius 2 is 2.00 bits per heavy atom. The molecule has 144 valence electrons. The van der Waals surface area contributed by atoms with E-state index in [4.69, 9.17) is 16.3 Å². The van der Waals surface area contributed by atoms with Crippen LogP contribution in [0.15, 0.2) is 30.5 Å². The normalized spacial score (nSPS) is 14.6. The lowest BCUT2D eigenvalue weighted by Crippen LogP contribution is -2.28. The van der Waals surface area contributed by atoms with Crippen LogP contribution in [0.1, 0.15) is 19.3 Å². The average molecular weight is 408 g/mol. The third kappa shape index (κ3) is 5.72. The maximum atomic E-state index is 11.9. The second-order valence-electron chi connectivity index (χ2n) is 6.11. The first-order valence-corrected chi connectivity index (χ1v) is 9.80. The Balaban J connectivity index is 1.75. The number of benzene rings is 1. The Morgan fingerprint density at radius 3 is 2.74 bits per heavy atom. The molecule has 1 fully saturated rings. The number of rotatable bonds is 7. The van der Waals surface area contributed by atoms with Crippen LogP contribution in [0.4, 0.5) is 23.1 Å². The molecule has 0 atom stereocenters. The molecule has 2 aromatic rings. The fourth-order valence-electron chi connectivity index (χ4n) is 2.69. The molecule has 0 saturated carbocycles. The van der Waals surface area contributed by atoms with Crippen molar-refractivity contribution in [2.45, 2.75) is 25.3 Å². The third-order valence-corrected chi connectivity index (χ3v) is 4.59. The average Bonchev–Trinajstić information content (AvgIpc) is 2.67. The molecule has 0 unspecified atom stereocenters. The van der Waals surface area contributed by atoms with Gasteiger partial charge in [0, 0.05) is 25.7 Å². The third-order valence-electron chi connectivity index (χ3n) is 4.09. The van der Waals surface area contributed by atoms with E-state index in [-0.39, 0.29) is 11.9 Å². The summed E-state index contributed by atoms with van der Waals surface area (Å²) in [7, 11) is 0. The van der Waals surface area contributed by atoms with Gasteiger partial charge in [-0.3, -0.25) is 4.79 Å². The van der Waals surface area contributed by atoms with Crippen molar-refractivity contribution >= 4 is 53.3 Å². The van der Waals surface area contributed by atoms with Gasteiger partial charge in [0.2, 0.25) is 11.9 Å². The highest BCUT2D eigenvalue weighted by Gasteiger charge is 2.16. The zero-order valence-corrected chi connectivity index (χ0v) is 16.4. The second kappa shape index (κ2) is 9.77. The molecule has 27 heavy (non-hydrogen) atoms. The number of anilines is 4. The zero-order valence-electron chi connectivity index (χ0n) is 14.7. The van der Waals surface area contributed by atoms with Crippen LogP contribution in [0, 0.1) is 0 Å². The molecule has 2 heterocycles. The van der Waals surface area contributed by atoms with Crippen molar-refractivity contribution in [2.24, 2.45) is 0 Å². The Labute approximate surface area is 168 Å². The molecular weight excluding hydrogens is 386 g/mol. The van der Waals surface area contributed by atoms with E-state index in [1.165, 1.54) is 0 Å². The van der Waals surface area contributed by atoms with Crippen LogP contribution in [0.25, 0.3) is 0 Å². The molecule has 1 aromatic carbocycles. The number of para-hydroxylation sites is 2. The first kappa shape index (κ1) is 19.7. The molecule has 1 amide bonds. The van der Waals surface area contributed by atoms with Gasteiger partial charge in [-0.15, -0.1) is 0 Å². The van der Waals surface area contributed by atoms with E-state index in [0.717, 1.165) is 26.1 Å². The van der Waals surface area contributed by atoms with Gasteiger partial charge in [0.25, 0.3) is 0 Å². The summed E-state index contributed by atoms with van der Waals surface area (Å²) < 4.78 is 5.37. The highest BCUT2D eigenvalue weighted by atomic mass is 35.5. The maximum Gasteiger partial charge on any atom is 0.225 e. The van der Waals surface area contributed by atoms with Gasteiger partial charge in [0.1, 0.15) is 5.02 Å². The number of thiol groups is 1. The molecule has 0 spiro atoms. The molecule has 7 nitrogen and oxygen atoms in total. The van der Waals surface area contributed by atoms with Crippen molar-refractivity contribution in [2.75, 3.05) is 34.9 Å². The van der Waals surface area contributed by atoms with Crippen molar-refractivity contribution in [3.63, 3.8) is 0 Å². The minimum Gasteiger partial charge on any atom is -0.381 e. The Morgan fingerprint density at radius 1 is 1.26 bits per heavy atom. The predicted molar refractivity (Wildman–Crippen MR) is 111 cm³/mol. The highest BCUT2D eigenvalue weighted by molar-refractivity contribution is 7.80. The molecule has 3 rings (SSSR count). The van der Waals surface area contributed by atoms with Gasteiger partial charge < -0.3 is 20.7 Å². The maximum absolute atomic E-state index is 11.9. The number of hydrogen-bond donors (Lipinski definition) is 4. The predicted octanol–water partition coefficient (Wildman–Crippen LogP) is 3.72. The van der Waals surface area contributed by atoms with Crippen LogP contribution in [-0.2, 0) is 9.53 Å². The monoisotopic (exact) mass is 407 g/mol. The molecule has 0 radical (unpaired) electrons. The SMILES string of the molecule is O=C(CCS)Nc1ccccc1Nc1nc(NC2CCOCC2)ncc1Cl.